The zero-order chi connectivity index (χ0) is 15.3. The minimum Gasteiger partial charge on any atom is -0.465 e. The Morgan fingerprint density at radius 2 is 2.09 bits per heavy atom. The lowest BCUT2D eigenvalue weighted by Gasteiger charge is -2.36. The van der Waals surface area contributed by atoms with E-state index in [1.165, 1.54) is 5.56 Å². The van der Waals surface area contributed by atoms with Gasteiger partial charge in [-0.15, -0.1) is 0 Å². The summed E-state index contributed by atoms with van der Waals surface area (Å²) in [6.45, 7) is 2.08. The summed E-state index contributed by atoms with van der Waals surface area (Å²) in [7, 11) is 0. The van der Waals surface area contributed by atoms with Gasteiger partial charge in [0, 0.05) is 18.5 Å². The highest BCUT2D eigenvalue weighted by molar-refractivity contribution is 5.78. The normalized spacial score (nSPS) is 27.5. The van der Waals surface area contributed by atoms with Crippen LogP contribution in [0.2, 0.25) is 0 Å². The van der Waals surface area contributed by atoms with Crippen LogP contribution in [0.15, 0.2) is 18.2 Å². The van der Waals surface area contributed by atoms with Crippen LogP contribution >= 0.6 is 0 Å². The molecule has 22 heavy (non-hydrogen) atoms. The number of carboxylic acid groups (broad SMARTS) is 1. The van der Waals surface area contributed by atoms with Crippen molar-refractivity contribution in [3.05, 3.63) is 29.6 Å². The van der Waals surface area contributed by atoms with Crippen molar-refractivity contribution in [3.63, 3.8) is 0 Å². The molecule has 0 spiro atoms. The monoisotopic (exact) mass is 299 g/mol. The molecule has 3 heterocycles. The van der Waals surface area contributed by atoms with Gasteiger partial charge in [-0.2, -0.15) is 0 Å². The topological polar surface area (TPSA) is 69.2 Å². The Balaban J connectivity index is 1.52. The number of benzene rings is 1. The number of aromatic amines is 1. The van der Waals surface area contributed by atoms with Crippen LogP contribution in [0.3, 0.4) is 0 Å². The fourth-order valence-corrected chi connectivity index (χ4v) is 4.37. The van der Waals surface area contributed by atoms with Gasteiger partial charge < -0.3 is 15.0 Å². The van der Waals surface area contributed by atoms with Gasteiger partial charge in [0.2, 0.25) is 0 Å². The molecule has 1 amide bonds. The number of fused-ring (bicyclic) bond motifs is 3. The number of carbonyl (C=O) groups is 1. The number of aryl methyl sites for hydroxylation is 1. The lowest BCUT2D eigenvalue weighted by atomic mass is 9.88. The molecule has 0 saturated carbocycles. The maximum absolute atomic E-state index is 11.3. The van der Waals surface area contributed by atoms with Crippen molar-refractivity contribution in [1.82, 2.24) is 14.9 Å². The summed E-state index contributed by atoms with van der Waals surface area (Å²) < 4.78 is 0. The zero-order valence-corrected chi connectivity index (χ0v) is 12.7. The average Bonchev–Trinajstić information content (AvgIpc) is 2.99. The Morgan fingerprint density at radius 1 is 1.36 bits per heavy atom. The number of imidazole rings is 1. The molecular formula is C17H21N3O2. The average molecular weight is 299 g/mol. The van der Waals surface area contributed by atoms with Crippen LogP contribution in [-0.4, -0.2) is 38.2 Å². The molecule has 2 aliphatic rings. The first-order valence-electron chi connectivity index (χ1n) is 8.07. The first-order valence-corrected chi connectivity index (χ1v) is 8.07. The van der Waals surface area contributed by atoms with Crippen molar-refractivity contribution in [2.24, 2.45) is 5.92 Å². The van der Waals surface area contributed by atoms with Crippen LogP contribution in [0, 0.1) is 12.8 Å². The van der Waals surface area contributed by atoms with Crippen LogP contribution in [0.5, 0.6) is 0 Å². The first-order chi connectivity index (χ1) is 10.6. The second-order valence-electron chi connectivity index (χ2n) is 6.77. The number of hydrogen-bond acceptors (Lipinski definition) is 2. The summed E-state index contributed by atoms with van der Waals surface area (Å²) in [4.78, 5) is 21.2. The van der Waals surface area contributed by atoms with E-state index in [0.29, 0.717) is 5.92 Å². The van der Waals surface area contributed by atoms with Crippen LogP contribution < -0.4 is 0 Å². The van der Waals surface area contributed by atoms with E-state index in [2.05, 4.69) is 24.0 Å². The lowest BCUT2D eigenvalue weighted by molar-refractivity contribution is 0.0847. The summed E-state index contributed by atoms with van der Waals surface area (Å²) in [5.41, 5.74) is 3.35. The number of H-pyrrole nitrogens is 1. The molecule has 4 rings (SSSR count). The number of nitrogens with one attached hydrogen (secondary N) is 1. The highest BCUT2D eigenvalue weighted by Gasteiger charge is 2.43. The second-order valence-corrected chi connectivity index (χ2v) is 6.77. The van der Waals surface area contributed by atoms with E-state index >= 15 is 0 Å². The number of rotatable bonds is 2. The third-order valence-corrected chi connectivity index (χ3v) is 5.30. The summed E-state index contributed by atoms with van der Waals surface area (Å²) in [6.07, 6.45) is 4.16. The third-order valence-electron chi connectivity index (χ3n) is 5.30. The maximum Gasteiger partial charge on any atom is 0.407 e. The highest BCUT2D eigenvalue weighted by atomic mass is 16.4. The lowest BCUT2D eigenvalue weighted by Crippen LogP contribution is -2.46. The molecule has 0 radical (unpaired) electrons. The Kier molecular flexibility index (Phi) is 3.10. The highest BCUT2D eigenvalue weighted by Crippen LogP contribution is 2.39. The molecule has 2 bridgehead atoms. The van der Waals surface area contributed by atoms with E-state index in [1.807, 2.05) is 6.07 Å². The minimum atomic E-state index is -0.745. The number of aromatic nitrogens is 2. The van der Waals surface area contributed by atoms with E-state index in [0.717, 1.165) is 49.0 Å². The smallest absolute Gasteiger partial charge is 0.407 e. The van der Waals surface area contributed by atoms with Gasteiger partial charge in [-0.25, -0.2) is 9.78 Å². The van der Waals surface area contributed by atoms with Crippen molar-refractivity contribution in [2.75, 3.05) is 0 Å². The molecule has 2 aliphatic heterocycles. The van der Waals surface area contributed by atoms with Crippen molar-refractivity contribution in [1.29, 1.82) is 0 Å². The molecule has 3 atom stereocenters. The molecule has 2 saturated heterocycles. The largest absolute Gasteiger partial charge is 0.465 e. The van der Waals surface area contributed by atoms with Crippen LogP contribution in [0.25, 0.3) is 11.0 Å². The van der Waals surface area contributed by atoms with Gasteiger partial charge in [-0.1, -0.05) is 12.1 Å². The standard InChI is InChI=1S/C17H21N3O2/c1-10-3-2-4-14-16(10)19-15(18-14)9-11-7-12-5-6-13(8-11)20(12)17(21)22/h2-4,11-13H,5-9H2,1H3,(H,18,19)(H,21,22)/t11?,12-,13+. The van der Waals surface area contributed by atoms with Gasteiger partial charge in [0.1, 0.15) is 5.82 Å². The predicted octanol–water partition coefficient (Wildman–Crippen LogP) is 3.33. The fourth-order valence-electron chi connectivity index (χ4n) is 4.37. The van der Waals surface area contributed by atoms with E-state index < -0.39 is 6.09 Å². The van der Waals surface area contributed by atoms with Gasteiger partial charge in [0.05, 0.1) is 11.0 Å². The number of piperidine rings is 1. The van der Waals surface area contributed by atoms with E-state index in [9.17, 15) is 9.90 Å². The summed E-state index contributed by atoms with van der Waals surface area (Å²) in [5, 5.41) is 9.33. The predicted molar refractivity (Wildman–Crippen MR) is 83.9 cm³/mol. The Hall–Kier alpha value is -2.04. The molecule has 1 aromatic carbocycles. The number of amides is 1. The fraction of sp³-hybridized carbons (Fsp3) is 0.529. The number of nitrogens with zero attached hydrogens (tertiary/aromatic N) is 2. The van der Waals surface area contributed by atoms with E-state index in [1.54, 1.807) is 4.90 Å². The second kappa shape index (κ2) is 5.00. The van der Waals surface area contributed by atoms with E-state index in [-0.39, 0.29) is 12.1 Å². The summed E-state index contributed by atoms with van der Waals surface area (Å²) >= 11 is 0. The van der Waals surface area contributed by atoms with Crippen molar-refractivity contribution >= 4 is 17.1 Å². The number of hydrogen-bond donors (Lipinski definition) is 2. The molecule has 2 N–H and O–H groups in total. The Bertz CT molecular complexity index is 710. The first kappa shape index (κ1) is 13.6. The Labute approximate surface area is 129 Å². The molecule has 0 aliphatic carbocycles. The molecule has 5 nitrogen and oxygen atoms in total. The van der Waals surface area contributed by atoms with Gasteiger partial charge in [0.15, 0.2) is 0 Å². The van der Waals surface area contributed by atoms with E-state index in [4.69, 9.17) is 4.98 Å². The molecule has 1 unspecified atom stereocenters. The molecule has 2 fully saturated rings. The molecule has 1 aromatic heterocycles. The van der Waals surface area contributed by atoms with Crippen LogP contribution in [-0.2, 0) is 6.42 Å². The molecule has 2 aromatic rings. The minimum absolute atomic E-state index is 0.215. The number of para-hydroxylation sites is 1. The van der Waals surface area contributed by atoms with Crippen molar-refractivity contribution < 1.29 is 9.90 Å². The molecule has 5 heteroatoms. The molecular weight excluding hydrogens is 278 g/mol. The summed E-state index contributed by atoms with van der Waals surface area (Å²) in [6, 6.07) is 6.62. The maximum atomic E-state index is 11.3. The van der Waals surface area contributed by atoms with Crippen LogP contribution in [0.4, 0.5) is 4.79 Å². The van der Waals surface area contributed by atoms with Gasteiger partial charge in [-0.3, -0.25) is 0 Å². The van der Waals surface area contributed by atoms with Crippen LogP contribution in [0.1, 0.15) is 37.1 Å². The quantitative estimate of drug-likeness (QED) is 0.893. The van der Waals surface area contributed by atoms with Crippen molar-refractivity contribution in [3.8, 4) is 0 Å². The SMILES string of the molecule is Cc1cccc2[nH]c(CC3C[C@H]4CC[C@@H](C3)N4C(=O)O)nc12. The summed E-state index contributed by atoms with van der Waals surface area (Å²) in [5.74, 6) is 1.58. The van der Waals surface area contributed by atoms with Crippen molar-refractivity contribution in [2.45, 2.75) is 51.1 Å². The Morgan fingerprint density at radius 3 is 2.73 bits per heavy atom. The van der Waals surface area contributed by atoms with Gasteiger partial charge in [-0.05, 0) is 50.2 Å². The zero-order valence-electron chi connectivity index (χ0n) is 12.7. The molecule has 116 valence electrons. The van der Waals surface area contributed by atoms with Gasteiger partial charge in [0.25, 0.3) is 0 Å². The van der Waals surface area contributed by atoms with Gasteiger partial charge >= 0.3 is 6.09 Å². The third kappa shape index (κ3) is 2.16.